The number of nitrogens with two attached hydrogens (primary N) is 2. The monoisotopic (exact) mass is 436 g/mol. The highest BCUT2D eigenvalue weighted by Crippen LogP contribution is 2.19. The Hall–Kier alpha value is -3.83. The Bertz CT molecular complexity index is 824. The van der Waals surface area contributed by atoms with E-state index in [1.165, 1.54) is 0 Å². The predicted molar refractivity (Wildman–Crippen MR) is 113 cm³/mol. The lowest BCUT2D eigenvalue weighted by Crippen LogP contribution is -2.67. The zero-order valence-corrected chi connectivity index (χ0v) is 17.3. The number of amides is 3. The first-order valence-electron chi connectivity index (χ1n) is 9.46. The number of nitrogens with one attached hydrogen (secondary N) is 3. The average molecular weight is 436 g/mol. The third kappa shape index (κ3) is 7.49. The zero-order chi connectivity index (χ0) is 23.6. The Balaban J connectivity index is 3.33. The molecule has 0 radical (unpaired) electrons. The number of nitrogens with zero attached hydrogens (tertiary/aromatic N) is 1. The molecule has 0 aromatic heterocycles. The minimum absolute atomic E-state index is 0.0177. The van der Waals surface area contributed by atoms with Gasteiger partial charge < -0.3 is 32.3 Å². The number of carbonyl (C=O) groups excluding carboxylic acids is 2. The number of guanidine groups is 1. The van der Waals surface area contributed by atoms with Crippen molar-refractivity contribution in [3.8, 4) is 0 Å². The van der Waals surface area contributed by atoms with Crippen molar-refractivity contribution in [3.63, 3.8) is 0 Å². The Morgan fingerprint density at radius 1 is 1.06 bits per heavy atom. The first kappa shape index (κ1) is 25.2. The van der Waals surface area contributed by atoms with Crippen molar-refractivity contribution >= 4 is 35.5 Å². The Kier molecular flexibility index (Phi) is 9.25. The molecule has 1 aromatic rings. The maximum absolute atomic E-state index is 13.1. The maximum Gasteiger partial charge on any atom is 0.405 e. The number of aliphatic imine (C=N–C) groups is 1. The van der Waals surface area contributed by atoms with E-state index in [9.17, 15) is 29.4 Å². The van der Waals surface area contributed by atoms with E-state index in [0.29, 0.717) is 5.69 Å². The van der Waals surface area contributed by atoms with E-state index in [4.69, 9.17) is 11.5 Å². The molecule has 0 bridgehead atoms. The molecule has 0 heterocycles. The third-order valence-electron chi connectivity index (χ3n) is 4.35. The predicted octanol–water partition coefficient (Wildman–Crippen LogP) is -0.0895. The molecule has 31 heavy (non-hydrogen) atoms. The lowest BCUT2D eigenvalue weighted by molar-refractivity contribution is -0.146. The molecule has 12 heteroatoms. The maximum atomic E-state index is 13.1. The molecule has 0 fully saturated rings. The van der Waals surface area contributed by atoms with Gasteiger partial charge in [-0.1, -0.05) is 32.0 Å². The van der Waals surface area contributed by atoms with Crippen molar-refractivity contribution in [2.24, 2.45) is 22.4 Å². The number of carboxylic acid groups (broad SMARTS) is 2. The molecule has 0 saturated heterocycles. The highest BCUT2D eigenvalue weighted by Gasteiger charge is 2.48. The van der Waals surface area contributed by atoms with Gasteiger partial charge in [-0.25, -0.2) is 9.59 Å². The molecule has 1 unspecified atom stereocenters. The van der Waals surface area contributed by atoms with Crippen LogP contribution in [0.25, 0.3) is 0 Å². The fourth-order valence-corrected chi connectivity index (χ4v) is 2.78. The van der Waals surface area contributed by atoms with Gasteiger partial charge in [-0.05, 0) is 30.9 Å². The summed E-state index contributed by atoms with van der Waals surface area (Å²) in [6, 6.07) is 6.74. The number of hydrogen-bond acceptors (Lipinski definition) is 5. The average Bonchev–Trinajstić information content (AvgIpc) is 2.67. The largest absolute Gasteiger partial charge is 0.480 e. The van der Waals surface area contributed by atoms with Gasteiger partial charge in [0.1, 0.15) is 6.04 Å². The topological polar surface area (TPSA) is 209 Å². The fraction of sp³-hybridized carbons (Fsp3) is 0.421. The number of benzene rings is 1. The van der Waals surface area contributed by atoms with Crippen LogP contribution in [0.5, 0.6) is 0 Å². The Morgan fingerprint density at radius 3 is 2.16 bits per heavy atom. The van der Waals surface area contributed by atoms with E-state index in [1.807, 2.05) is 5.32 Å². The zero-order valence-electron chi connectivity index (χ0n) is 17.3. The summed E-state index contributed by atoms with van der Waals surface area (Å²) in [7, 11) is 0. The molecule has 2 atom stereocenters. The van der Waals surface area contributed by atoms with Gasteiger partial charge in [-0.2, -0.15) is 0 Å². The van der Waals surface area contributed by atoms with E-state index in [1.54, 1.807) is 44.2 Å². The van der Waals surface area contributed by atoms with Crippen LogP contribution in [0.1, 0.15) is 26.7 Å². The number of hydrogen-bond donors (Lipinski definition) is 7. The van der Waals surface area contributed by atoms with Gasteiger partial charge in [0.15, 0.2) is 5.96 Å². The van der Waals surface area contributed by atoms with E-state index >= 15 is 0 Å². The molecule has 3 amide bonds. The number of carbonyl (C=O) groups is 4. The smallest absolute Gasteiger partial charge is 0.405 e. The van der Waals surface area contributed by atoms with Gasteiger partial charge in [0, 0.05) is 12.2 Å². The van der Waals surface area contributed by atoms with Crippen LogP contribution in [0.15, 0.2) is 35.3 Å². The normalized spacial score (nSPS) is 13.4. The van der Waals surface area contributed by atoms with Crippen LogP contribution in [0.4, 0.5) is 10.5 Å². The quantitative estimate of drug-likeness (QED) is 0.108. The van der Waals surface area contributed by atoms with Crippen molar-refractivity contribution in [1.29, 1.82) is 0 Å². The van der Waals surface area contributed by atoms with Crippen LogP contribution in [0.2, 0.25) is 0 Å². The van der Waals surface area contributed by atoms with Crippen molar-refractivity contribution in [1.82, 2.24) is 10.6 Å². The van der Waals surface area contributed by atoms with Crippen LogP contribution in [0, 0.1) is 5.92 Å². The van der Waals surface area contributed by atoms with Gasteiger partial charge >= 0.3 is 12.1 Å². The second kappa shape index (κ2) is 11.4. The Morgan fingerprint density at radius 2 is 1.68 bits per heavy atom. The summed E-state index contributed by atoms with van der Waals surface area (Å²) < 4.78 is 0. The molecule has 0 aliphatic rings. The van der Waals surface area contributed by atoms with Crippen molar-refractivity contribution in [2.45, 2.75) is 38.3 Å². The van der Waals surface area contributed by atoms with Crippen LogP contribution >= 0.6 is 0 Å². The number of carboxylic acids is 1. The van der Waals surface area contributed by atoms with Crippen molar-refractivity contribution in [2.75, 3.05) is 11.9 Å². The van der Waals surface area contributed by atoms with Crippen molar-refractivity contribution in [3.05, 3.63) is 30.3 Å². The SMILES string of the molecule is CC(C)C(NC(=O)[C@](CCCN=C(N)N)(NC(=O)O)C(=O)Nc1ccccc1)C(=O)O. The summed E-state index contributed by atoms with van der Waals surface area (Å²) >= 11 is 0. The second-order valence-corrected chi connectivity index (χ2v) is 7.10. The van der Waals surface area contributed by atoms with Crippen LogP contribution in [0.3, 0.4) is 0 Å². The summed E-state index contributed by atoms with van der Waals surface area (Å²) in [5, 5.41) is 25.5. The standard InChI is InChI=1S/C19H28N6O6/c1-11(2)13(14(26)27)24-16(29)19(25-18(30)31,9-6-10-22-17(20)21)15(28)23-12-7-4-3-5-8-12/h3-5,7-8,11,13,25H,6,9-10H2,1-2H3,(H,23,28)(H,24,29)(H,26,27)(H,30,31)(H4,20,21,22)/t13?,19-/m1/s1. The molecule has 0 spiro atoms. The molecule has 170 valence electrons. The summed E-state index contributed by atoms with van der Waals surface area (Å²) in [5.74, 6) is -4.13. The number of anilines is 1. The molecular formula is C19H28N6O6. The summed E-state index contributed by atoms with van der Waals surface area (Å²) in [6.45, 7) is 3.14. The lowest BCUT2D eigenvalue weighted by atomic mass is 9.89. The van der Waals surface area contributed by atoms with Gasteiger partial charge in [0.2, 0.25) is 5.54 Å². The first-order chi connectivity index (χ1) is 14.5. The van der Waals surface area contributed by atoms with E-state index in [0.717, 1.165) is 0 Å². The lowest BCUT2D eigenvalue weighted by Gasteiger charge is -2.32. The van der Waals surface area contributed by atoms with E-state index in [-0.39, 0.29) is 25.3 Å². The molecule has 9 N–H and O–H groups in total. The molecule has 0 aliphatic heterocycles. The van der Waals surface area contributed by atoms with Crippen LogP contribution < -0.4 is 27.4 Å². The van der Waals surface area contributed by atoms with E-state index < -0.39 is 41.4 Å². The van der Waals surface area contributed by atoms with Gasteiger partial charge in [-0.15, -0.1) is 0 Å². The van der Waals surface area contributed by atoms with Crippen molar-refractivity contribution < 1.29 is 29.4 Å². The first-order valence-corrected chi connectivity index (χ1v) is 9.46. The summed E-state index contributed by atoms with van der Waals surface area (Å²) in [6.07, 6.45) is -1.92. The van der Waals surface area contributed by atoms with Crippen LogP contribution in [-0.2, 0) is 14.4 Å². The second-order valence-electron chi connectivity index (χ2n) is 7.10. The minimum atomic E-state index is -2.33. The molecule has 12 nitrogen and oxygen atoms in total. The molecule has 1 rings (SSSR count). The molecule has 0 saturated carbocycles. The van der Waals surface area contributed by atoms with Gasteiger partial charge in [0.25, 0.3) is 11.8 Å². The van der Waals surface area contributed by atoms with Gasteiger partial charge in [0.05, 0.1) is 0 Å². The highest BCUT2D eigenvalue weighted by molar-refractivity contribution is 6.16. The third-order valence-corrected chi connectivity index (χ3v) is 4.35. The fourth-order valence-electron chi connectivity index (χ4n) is 2.78. The molecule has 0 aliphatic carbocycles. The number of rotatable bonds is 11. The number of para-hydroxylation sites is 1. The van der Waals surface area contributed by atoms with Crippen LogP contribution in [-0.4, -0.2) is 58.2 Å². The summed E-state index contributed by atoms with van der Waals surface area (Å²) in [4.78, 5) is 53.1. The van der Waals surface area contributed by atoms with Gasteiger partial charge in [-0.3, -0.25) is 19.9 Å². The minimum Gasteiger partial charge on any atom is -0.480 e. The summed E-state index contributed by atoms with van der Waals surface area (Å²) in [5.41, 5.74) is 8.53. The molecular weight excluding hydrogens is 408 g/mol. The highest BCUT2D eigenvalue weighted by atomic mass is 16.4. The Labute approximate surface area is 179 Å². The van der Waals surface area contributed by atoms with E-state index in [2.05, 4.69) is 15.6 Å². The number of aliphatic carboxylic acids is 1. The molecule has 1 aromatic carbocycles.